The molecule has 0 saturated heterocycles. The Balaban J connectivity index is 2.13. The Bertz CT molecular complexity index is 467. The van der Waals surface area contributed by atoms with E-state index in [1.807, 2.05) is 6.07 Å². The van der Waals surface area contributed by atoms with Gasteiger partial charge in [-0.3, -0.25) is 9.59 Å². The van der Waals surface area contributed by atoms with E-state index < -0.39 is 0 Å². The second kappa shape index (κ2) is 3.44. The molecular formula is C13H13NO2. The molecule has 1 aromatic carbocycles. The van der Waals surface area contributed by atoms with Gasteiger partial charge in [0.2, 0.25) is 0 Å². The van der Waals surface area contributed by atoms with Crippen molar-refractivity contribution < 1.29 is 9.59 Å². The number of benzene rings is 1. The first-order valence-electron chi connectivity index (χ1n) is 5.71. The molecule has 0 aromatic heterocycles. The highest BCUT2D eigenvalue weighted by Crippen LogP contribution is 2.32. The van der Waals surface area contributed by atoms with Gasteiger partial charge in [0.1, 0.15) is 0 Å². The summed E-state index contributed by atoms with van der Waals surface area (Å²) in [7, 11) is 0. The zero-order chi connectivity index (χ0) is 11.1. The zero-order valence-electron chi connectivity index (χ0n) is 8.90. The quantitative estimate of drug-likeness (QED) is 0.717. The van der Waals surface area contributed by atoms with Gasteiger partial charge < -0.3 is 5.32 Å². The van der Waals surface area contributed by atoms with E-state index >= 15 is 0 Å². The highest BCUT2D eigenvalue weighted by atomic mass is 16.2. The number of amides is 1. The Morgan fingerprint density at radius 3 is 2.62 bits per heavy atom. The molecule has 3 heteroatoms. The van der Waals surface area contributed by atoms with Crippen molar-refractivity contribution in [1.82, 2.24) is 5.32 Å². The summed E-state index contributed by atoms with van der Waals surface area (Å²) in [5.41, 5.74) is 1.12. The summed E-state index contributed by atoms with van der Waals surface area (Å²) in [4.78, 5) is 24.2. The molecule has 1 aliphatic heterocycles. The van der Waals surface area contributed by atoms with E-state index in [2.05, 4.69) is 5.32 Å². The number of carbonyl (C=O) groups excluding carboxylic acids is 2. The van der Waals surface area contributed by atoms with Gasteiger partial charge in [0.15, 0.2) is 5.78 Å². The van der Waals surface area contributed by atoms with E-state index in [4.69, 9.17) is 0 Å². The number of nitrogens with one attached hydrogen (secondary N) is 1. The molecule has 2 atom stereocenters. The molecule has 1 N–H and O–H groups in total. The number of hydrogen-bond acceptors (Lipinski definition) is 2. The Hall–Kier alpha value is -1.64. The van der Waals surface area contributed by atoms with Crippen molar-refractivity contribution in [2.45, 2.75) is 25.3 Å². The lowest BCUT2D eigenvalue weighted by Gasteiger charge is -2.15. The molecule has 0 radical (unpaired) electrons. The third kappa shape index (κ3) is 1.28. The predicted octanol–water partition coefficient (Wildman–Crippen LogP) is 1.78. The summed E-state index contributed by atoms with van der Waals surface area (Å²) in [6.45, 7) is 0. The maximum Gasteiger partial charge on any atom is 0.252 e. The van der Waals surface area contributed by atoms with E-state index in [9.17, 15) is 9.59 Å². The number of Topliss-reactive ketones (excluding diaryl/α,β-unsaturated/α-hetero) is 1. The molecule has 3 nitrogen and oxygen atoms in total. The fourth-order valence-corrected chi connectivity index (χ4v) is 2.79. The second-order valence-electron chi connectivity index (χ2n) is 4.53. The number of ketones is 1. The predicted molar refractivity (Wildman–Crippen MR) is 59.4 cm³/mol. The van der Waals surface area contributed by atoms with E-state index in [0.29, 0.717) is 11.1 Å². The van der Waals surface area contributed by atoms with Crippen LogP contribution in [0.1, 0.15) is 40.0 Å². The van der Waals surface area contributed by atoms with Crippen LogP contribution in [0.25, 0.3) is 0 Å². The van der Waals surface area contributed by atoms with E-state index in [1.165, 1.54) is 0 Å². The Kier molecular flexibility index (Phi) is 2.06. The van der Waals surface area contributed by atoms with Gasteiger partial charge in [0, 0.05) is 17.5 Å². The lowest BCUT2D eigenvalue weighted by molar-refractivity contribution is 0.0895. The highest BCUT2D eigenvalue weighted by molar-refractivity contribution is 6.11. The van der Waals surface area contributed by atoms with Crippen molar-refractivity contribution in [2.24, 2.45) is 5.92 Å². The number of fused-ring (bicyclic) bond motifs is 2. The molecule has 82 valence electrons. The van der Waals surface area contributed by atoms with Gasteiger partial charge >= 0.3 is 0 Å². The normalized spacial score (nSPS) is 28.0. The lowest BCUT2D eigenvalue weighted by atomic mass is 9.93. The molecule has 1 fully saturated rings. The first kappa shape index (κ1) is 9.58. The third-order valence-corrected chi connectivity index (χ3v) is 3.61. The van der Waals surface area contributed by atoms with Crippen LogP contribution in [-0.2, 0) is 0 Å². The molecule has 0 bridgehead atoms. The van der Waals surface area contributed by atoms with E-state index in [1.54, 1.807) is 18.2 Å². The van der Waals surface area contributed by atoms with Gasteiger partial charge in [-0.05, 0) is 18.9 Å². The van der Waals surface area contributed by atoms with Gasteiger partial charge in [-0.1, -0.05) is 24.6 Å². The Morgan fingerprint density at radius 1 is 1.06 bits per heavy atom. The summed E-state index contributed by atoms with van der Waals surface area (Å²) in [5.74, 6) is 0.0300. The van der Waals surface area contributed by atoms with Crippen LogP contribution in [0.3, 0.4) is 0 Å². The molecule has 3 rings (SSSR count). The second-order valence-corrected chi connectivity index (χ2v) is 4.53. The summed E-state index contributed by atoms with van der Waals surface area (Å²) in [5, 5.41) is 2.97. The van der Waals surface area contributed by atoms with Crippen molar-refractivity contribution in [3.63, 3.8) is 0 Å². The van der Waals surface area contributed by atoms with Gasteiger partial charge in [-0.25, -0.2) is 0 Å². The minimum Gasteiger partial charge on any atom is -0.349 e. The van der Waals surface area contributed by atoms with Crippen LogP contribution in [0.15, 0.2) is 24.3 Å². The summed E-state index contributed by atoms with van der Waals surface area (Å²) in [6, 6.07) is 7.15. The molecule has 1 aromatic rings. The molecule has 1 aliphatic carbocycles. The molecular weight excluding hydrogens is 202 g/mol. The first-order valence-corrected chi connectivity index (χ1v) is 5.71. The molecule has 0 spiro atoms. The van der Waals surface area contributed by atoms with E-state index in [-0.39, 0.29) is 23.7 Å². The topological polar surface area (TPSA) is 46.2 Å². The van der Waals surface area contributed by atoms with Crippen LogP contribution in [0.2, 0.25) is 0 Å². The average Bonchev–Trinajstić information content (AvgIpc) is 2.72. The fraction of sp³-hybridized carbons (Fsp3) is 0.385. The van der Waals surface area contributed by atoms with Crippen molar-refractivity contribution in [3.05, 3.63) is 35.4 Å². The minimum atomic E-state index is -0.0987. The van der Waals surface area contributed by atoms with Gasteiger partial charge in [-0.2, -0.15) is 0 Å². The maximum absolute atomic E-state index is 12.3. The fourth-order valence-electron chi connectivity index (χ4n) is 2.79. The Labute approximate surface area is 93.8 Å². The van der Waals surface area contributed by atoms with Gasteiger partial charge in [0.05, 0.1) is 5.56 Å². The van der Waals surface area contributed by atoms with Crippen LogP contribution in [-0.4, -0.2) is 17.7 Å². The smallest absolute Gasteiger partial charge is 0.252 e. The van der Waals surface area contributed by atoms with Crippen molar-refractivity contribution in [3.8, 4) is 0 Å². The molecule has 0 unspecified atom stereocenters. The number of hydrogen-bond donors (Lipinski definition) is 1. The SMILES string of the molecule is O=C1N[C@H]2CCC[C@H]2C(=O)c2ccccc21. The highest BCUT2D eigenvalue weighted by Gasteiger charge is 2.38. The van der Waals surface area contributed by atoms with Crippen LogP contribution in [0.4, 0.5) is 0 Å². The third-order valence-electron chi connectivity index (χ3n) is 3.61. The molecule has 1 saturated carbocycles. The molecule has 1 amide bonds. The van der Waals surface area contributed by atoms with E-state index in [0.717, 1.165) is 19.3 Å². The van der Waals surface area contributed by atoms with Gasteiger partial charge in [0.25, 0.3) is 5.91 Å². The number of carbonyl (C=O) groups is 2. The number of rotatable bonds is 0. The van der Waals surface area contributed by atoms with Crippen molar-refractivity contribution in [2.75, 3.05) is 0 Å². The van der Waals surface area contributed by atoms with Gasteiger partial charge in [-0.15, -0.1) is 0 Å². The van der Waals surface area contributed by atoms with Crippen LogP contribution in [0.5, 0.6) is 0 Å². The molecule has 16 heavy (non-hydrogen) atoms. The average molecular weight is 215 g/mol. The molecule has 1 heterocycles. The monoisotopic (exact) mass is 215 g/mol. The maximum atomic E-state index is 12.3. The van der Waals surface area contributed by atoms with Crippen molar-refractivity contribution >= 4 is 11.7 Å². The zero-order valence-corrected chi connectivity index (χ0v) is 8.90. The standard InChI is InChI=1S/C13H13NO2/c15-12-8-4-1-2-5-9(8)13(16)14-11-7-3-6-10(11)12/h1-2,4-5,10-11H,3,6-7H2,(H,14,16)/t10-,11+/m1/s1. The van der Waals surface area contributed by atoms with Crippen molar-refractivity contribution in [1.29, 1.82) is 0 Å². The first-order chi connectivity index (χ1) is 7.77. The van der Waals surface area contributed by atoms with Crippen LogP contribution < -0.4 is 5.32 Å². The van der Waals surface area contributed by atoms with Crippen LogP contribution >= 0.6 is 0 Å². The molecule has 2 aliphatic rings. The lowest BCUT2D eigenvalue weighted by Crippen LogP contribution is -2.36. The van der Waals surface area contributed by atoms with Crippen LogP contribution in [0, 0.1) is 5.92 Å². The summed E-state index contributed by atoms with van der Waals surface area (Å²) < 4.78 is 0. The largest absolute Gasteiger partial charge is 0.349 e. The summed E-state index contributed by atoms with van der Waals surface area (Å²) in [6.07, 6.45) is 2.86. The Morgan fingerprint density at radius 2 is 1.81 bits per heavy atom. The minimum absolute atomic E-state index is 0.00685. The summed E-state index contributed by atoms with van der Waals surface area (Å²) >= 11 is 0.